The molecule has 20 heavy (non-hydrogen) atoms. The number of piperazine rings is 1. The third-order valence-electron chi connectivity index (χ3n) is 3.04. The number of rotatable bonds is 4. The molecule has 1 aliphatic rings. The van der Waals surface area contributed by atoms with Crippen molar-refractivity contribution in [3.8, 4) is 0 Å². The van der Waals surface area contributed by atoms with Gasteiger partial charge in [-0.2, -0.15) is 0 Å². The van der Waals surface area contributed by atoms with E-state index in [9.17, 15) is 9.59 Å². The van der Waals surface area contributed by atoms with Gasteiger partial charge in [0.05, 0.1) is 6.54 Å². The monoisotopic (exact) mass is 276 g/mol. The Morgan fingerprint density at radius 1 is 1.20 bits per heavy atom. The average Bonchev–Trinajstić information content (AvgIpc) is 2.39. The van der Waals surface area contributed by atoms with Gasteiger partial charge >= 0.3 is 0 Å². The molecular formula is C14H20N4O2. The van der Waals surface area contributed by atoms with Gasteiger partial charge in [-0.3, -0.25) is 14.5 Å². The topological polar surface area (TPSA) is 73.5 Å². The van der Waals surface area contributed by atoms with Crippen LogP contribution < -0.4 is 16.0 Å². The molecule has 6 nitrogen and oxygen atoms in total. The van der Waals surface area contributed by atoms with Crippen molar-refractivity contribution >= 4 is 23.2 Å². The van der Waals surface area contributed by atoms with Crippen molar-refractivity contribution in [1.29, 1.82) is 0 Å². The largest absolute Gasteiger partial charge is 0.326 e. The molecule has 1 aromatic carbocycles. The van der Waals surface area contributed by atoms with Crippen LogP contribution in [0.4, 0.5) is 11.4 Å². The van der Waals surface area contributed by atoms with Gasteiger partial charge < -0.3 is 16.0 Å². The number of benzene rings is 1. The van der Waals surface area contributed by atoms with Gasteiger partial charge in [0, 0.05) is 44.5 Å². The highest BCUT2D eigenvalue weighted by Crippen LogP contribution is 2.15. The predicted octanol–water partition coefficient (Wildman–Crippen LogP) is 0.489. The number of nitrogens with zero attached hydrogens (tertiary/aromatic N) is 1. The van der Waals surface area contributed by atoms with Crippen LogP contribution in [0.2, 0.25) is 0 Å². The van der Waals surface area contributed by atoms with Crippen LogP contribution in [0.25, 0.3) is 0 Å². The molecule has 1 heterocycles. The molecule has 0 spiro atoms. The van der Waals surface area contributed by atoms with Gasteiger partial charge in [-0.25, -0.2) is 0 Å². The first-order chi connectivity index (χ1) is 9.63. The Morgan fingerprint density at radius 3 is 2.50 bits per heavy atom. The van der Waals surface area contributed by atoms with E-state index in [4.69, 9.17) is 0 Å². The van der Waals surface area contributed by atoms with Crippen LogP contribution in [0.5, 0.6) is 0 Å². The summed E-state index contributed by atoms with van der Waals surface area (Å²) in [7, 11) is 0. The molecule has 1 aromatic rings. The lowest BCUT2D eigenvalue weighted by Crippen LogP contribution is -2.46. The van der Waals surface area contributed by atoms with Crippen LogP contribution in [-0.4, -0.2) is 49.4 Å². The molecule has 108 valence electrons. The maximum absolute atomic E-state index is 12.0. The normalized spacial score (nSPS) is 15.7. The number of nitrogens with one attached hydrogen (secondary N) is 3. The highest BCUT2D eigenvalue weighted by Gasteiger charge is 2.13. The van der Waals surface area contributed by atoms with Crippen LogP contribution in [0.3, 0.4) is 0 Å². The summed E-state index contributed by atoms with van der Waals surface area (Å²) in [5.74, 6) is -0.166. The smallest absolute Gasteiger partial charge is 0.238 e. The average molecular weight is 276 g/mol. The molecular weight excluding hydrogens is 256 g/mol. The standard InChI is InChI=1S/C14H20N4O2/c1-11(19)16-12-3-2-4-13(9-12)17-14(20)10-18-7-5-15-6-8-18/h2-4,9,15H,5-8,10H2,1H3,(H,16,19)(H,17,20). The van der Waals surface area contributed by atoms with Gasteiger partial charge in [-0.05, 0) is 18.2 Å². The minimum atomic E-state index is -0.130. The maximum Gasteiger partial charge on any atom is 0.238 e. The lowest BCUT2D eigenvalue weighted by Gasteiger charge is -2.26. The first-order valence-electron chi connectivity index (χ1n) is 6.74. The highest BCUT2D eigenvalue weighted by atomic mass is 16.2. The first kappa shape index (κ1) is 14.5. The third kappa shape index (κ3) is 4.64. The SMILES string of the molecule is CC(=O)Nc1cccc(NC(=O)CN2CCNCC2)c1. The molecule has 6 heteroatoms. The number of carbonyl (C=O) groups excluding carboxylic acids is 2. The van der Waals surface area contributed by atoms with Gasteiger partial charge in [0.1, 0.15) is 0 Å². The van der Waals surface area contributed by atoms with E-state index in [0.717, 1.165) is 26.2 Å². The second-order valence-corrected chi connectivity index (χ2v) is 4.84. The number of amides is 2. The van der Waals surface area contributed by atoms with Gasteiger partial charge in [-0.1, -0.05) is 6.07 Å². The summed E-state index contributed by atoms with van der Waals surface area (Å²) in [5.41, 5.74) is 1.37. The molecule has 1 saturated heterocycles. The van der Waals surface area contributed by atoms with Crippen molar-refractivity contribution in [2.24, 2.45) is 0 Å². The van der Waals surface area contributed by atoms with Crippen LogP contribution >= 0.6 is 0 Å². The molecule has 1 fully saturated rings. The predicted molar refractivity (Wildman–Crippen MR) is 78.7 cm³/mol. The Hall–Kier alpha value is -1.92. The minimum Gasteiger partial charge on any atom is -0.326 e. The Kier molecular flexibility index (Phi) is 5.09. The molecule has 2 rings (SSSR count). The Labute approximate surface area is 118 Å². The van der Waals surface area contributed by atoms with Crippen LogP contribution in [-0.2, 0) is 9.59 Å². The molecule has 0 aromatic heterocycles. The summed E-state index contributed by atoms with van der Waals surface area (Å²) in [6.45, 7) is 5.47. The molecule has 0 aliphatic carbocycles. The van der Waals surface area contributed by atoms with Crippen molar-refractivity contribution in [1.82, 2.24) is 10.2 Å². The first-order valence-corrected chi connectivity index (χ1v) is 6.74. The minimum absolute atomic E-state index is 0.0353. The summed E-state index contributed by atoms with van der Waals surface area (Å²) in [6, 6.07) is 7.14. The van der Waals surface area contributed by atoms with Crippen LogP contribution in [0, 0.1) is 0 Å². The summed E-state index contributed by atoms with van der Waals surface area (Å²) >= 11 is 0. The van der Waals surface area contributed by atoms with Crippen molar-refractivity contribution in [2.75, 3.05) is 43.4 Å². The van der Waals surface area contributed by atoms with Crippen molar-refractivity contribution in [2.45, 2.75) is 6.92 Å². The van der Waals surface area contributed by atoms with Crippen LogP contribution in [0.15, 0.2) is 24.3 Å². The molecule has 2 amide bonds. The summed E-state index contributed by atoms with van der Waals surface area (Å²) < 4.78 is 0. The summed E-state index contributed by atoms with van der Waals surface area (Å²) in [5, 5.41) is 8.79. The molecule has 0 saturated carbocycles. The van der Waals surface area contributed by atoms with Gasteiger partial charge in [0.15, 0.2) is 0 Å². The number of hydrogen-bond donors (Lipinski definition) is 3. The van der Waals surface area contributed by atoms with Crippen molar-refractivity contribution < 1.29 is 9.59 Å². The second kappa shape index (κ2) is 7.02. The van der Waals surface area contributed by atoms with E-state index in [1.165, 1.54) is 6.92 Å². The number of carbonyl (C=O) groups is 2. The van der Waals surface area contributed by atoms with Crippen LogP contribution in [0.1, 0.15) is 6.92 Å². The quantitative estimate of drug-likeness (QED) is 0.748. The molecule has 0 radical (unpaired) electrons. The highest BCUT2D eigenvalue weighted by molar-refractivity contribution is 5.94. The van der Waals surface area contributed by atoms with Crippen molar-refractivity contribution in [3.63, 3.8) is 0 Å². The van der Waals surface area contributed by atoms with E-state index in [1.54, 1.807) is 24.3 Å². The summed E-state index contributed by atoms with van der Waals surface area (Å²) in [6.07, 6.45) is 0. The zero-order valence-electron chi connectivity index (χ0n) is 11.6. The van der Waals surface area contributed by atoms with Gasteiger partial charge in [0.2, 0.25) is 11.8 Å². The lowest BCUT2D eigenvalue weighted by molar-refractivity contribution is -0.117. The molecule has 1 aliphatic heterocycles. The molecule has 0 unspecified atom stereocenters. The zero-order chi connectivity index (χ0) is 14.4. The fraction of sp³-hybridized carbons (Fsp3) is 0.429. The Balaban J connectivity index is 1.88. The van der Waals surface area contributed by atoms with Crippen molar-refractivity contribution in [3.05, 3.63) is 24.3 Å². The molecule has 0 atom stereocenters. The second-order valence-electron chi connectivity index (χ2n) is 4.84. The van der Waals surface area contributed by atoms with E-state index in [0.29, 0.717) is 17.9 Å². The van der Waals surface area contributed by atoms with E-state index >= 15 is 0 Å². The van der Waals surface area contributed by atoms with E-state index in [-0.39, 0.29) is 11.8 Å². The van der Waals surface area contributed by atoms with E-state index in [2.05, 4.69) is 20.9 Å². The third-order valence-corrected chi connectivity index (χ3v) is 3.04. The maximum atomic E-state index is 12.0. The number of anilines is 2. The lowest BCUT2D eigenvalue weighted by atomic mass is 10.2. The fourth-order valence-electron chi connectivity index (χ4n) is 2.15. The van der Waals surface area contributed by atoms with E-state index in [1.807, 2.05) is 0 Å². The number of hydrogen-bond acceptors (Lipinski definition) is 4. The fourth-order valence-corrected chi connectivity index (χ4v) is 2.15. The summed E-state index contributed by atoms with van der Waals surface area (Å²) in [4.78, 5) is 25.1. The van der Waals surface area contributed by atoms with E-state index < -0.39 is 0 Å². The molecule has 0 bridgehead atoms. The Morgan fingerprint density at radius 2 is 1.85 bits per heavy atom. The zero-order valence-corrected chi connectivity index (χ0v) is 11.6. The van der Waals surface area contributed by atoms with Gasteiger partial charge in [0.25, 0.3) is 0 Å². The van der Waals surface area contributed by atoms with Gasteiger partial charge in [-0.15, -0.1) is 0 Å². The molecule has 3 N–H and O–H groups in total. The Bertz CT molecular complexity index is 484.